The molecule has 0 atom stereocenters. The van der Waals surface area contributed by atoms with Crippen LogP contribution in [-0.4, -0.2) is 14.9 Å². The molecule has 0 aliphatic rings. The molecule has 0 aliphatic carbocycles. The average molecular weight is 439 g/mol. The van der Waals surface area contributed by atoms with Gasteiger partial charge in [0.05, 0.1) is 27.0 Å². The van der Waals surface area contributed by atoms with Crippen LogP contribution in [-0.2, 0) is 0 Å². The highest BCUT2D eigenvalue weighted by molar-refractivity contribution is 6.23. The van der Waals surface area contributed by atoms with Crippen LogP contribution >= 0.6 is 0 Å². The number of benzene rings is 5. The van der Waals surface area contributed by atoms with E-state index in [4.69, 9.17) is 4.98 Å². The van der Waals surface area contributed by atoms with Crippen molar-refractivity contribution in [3.63, 3.8) is 0 Å². The summed E-state index contributed by atoms with van der Waals surface area (Å²) in [6.07, 6.45) is 0. The number of hydrogen-bond donors (Lipinski definition) is 1. The molecule has 7 aromatic rings. The molecule has 0 aliphatic heterocycles. The third-order valence-electron chi connectivity index (χ3n) is 6.68. The summed E-state index contributed by atoms with van der Waals surface area (Å²) in [4.78, 5) is 19.7. The molecule has 0 saturated carbocycles. The Kier molecular flexibility index (Phi) is 3.79. The van der Waals surface area contributed by atoms with Crippen molar-refractivity contribution in [1.82, 2.24) is 9.97 Å². The number of nitro benzene ring substituents is 1. The van der Waals surface area contributed by atoms with Crippen LogP contribution in [0.3, 0.4) is 0 Å². The summed E-state index contributed by atoms with van der Waals surface area (Å²) in [5.74, 6) is 0. The van der Waals surface area contributed by atoms with Crippen LogP contribution in [0.4, 0.5) is 5.69 Å². The fraction of sp³-hybridized carbons (Fsp3) is 0. The van der Waals surface area contributed by atoms with Crippen LogP contribution in [0.25, 0.3) is 65.5 Å². The highest BCUT2D eigenvalue weighted by atomic mass is 16.6. The lowest BCUT2D eigenvalue weighted by Gasteiger charge is -2.11. The van der Waals surface area contributed by atoms with Crippen LogP contribution in [0.2, 0.25) is 0 Å². The summed E-state index contributed by atoms with van der Waals surface area (Å²) in [6.45, 7) is 0. The predicted molar refractivity (Wildman–Crippen MR) is 138 cm³/mol. The van der Waals surface area contributed by atoms with Gasteiger partial charge in [-0.05, 0) is 34.5 Å². The van der Waals surface area contributed by atoms with Crippen molar-refractivity contribution in [2.75, 3.05) is 0 Å². The van der Waals surface area contributed by atoms with Gasteiger partial charge in [0.15, 0.2) is 0 Å². The minimum atomic E-state index is -0.368. The first-order valence-electron chi connectivity index (χ1n) is 11.1. The van der Waals surface area contributed by atoms with Gasteiger partial charge in [-0.2, -0.15) is 0 Å². The number of nitrogens with one attached hydrogen (secondary N) is 1. The van der Waals surface area contributed by atoms with Gasteiger partial charge in [-0.1, -0.05) is 66.7 Å². The highest BCUT2D eigenvalue weighted by Gasteiger charge is 2.18. The summed E-state index contributed by atoms with van der Waals surface area (Å²) < 4.78 is 0. The molecule has 7 rings (SSSR count). The SMILES string of the molecule is O=[N+]([O-])c1ccc(-c2c3ccc4ccccc4c3nc3c2[nH]c2c4ccccc4ccc32)cc1. The van der Waals surface area contributed by atoms with Crippen molar-refractivity contribution in [1.29, 1.82) is 0 Å². The van der Waals surface area contributed by atoms with Crippen LogP contribution < -0.4 is 0 Å². The minimum Gasteiger partial charge on any atom is -0.352 e. The monoisotopic (exact) mass is 439 g/mol. The second-order valence-electron chi connectivity index (χ2n) is 8.53. The summed E-state index contributed by atoms with van der Waals surface area (Å²) in [6, 6.07) is 31.8. The van der Waals surface area contributed by atoms with E-state index in [1.807, 2.05) is 36.4 Å². The zero-order valence-corrected chi connectivity index (χ0v) is 17.9. The second kappa shape index (κ2) is 6.86. The fourth-order valence-corrected chi connectivity index (χ4v) is 5.09. The second-order valence-corrected chi connectivity index (χ2v) is 8.53. The molecule has 5 nitrogen and oxygen atoms in total. The Bertz CT molecular complexity index is 1940. The van der Waals surface area contributed by atoms with Gasteiger partial charge < -0.3 is 4.98 Å². The van der Waals surface area contributed by atoms with Crippen molar-refractivity contribution in [2.24, 2.45) is 0 Å². The van der Waals surface area contributed by atoms with Crippen LogP contribution in [0.1, 0.15) is 0 Å². The molecule has 2 aromatic heterocycles. The molecule has 0 amide bonds. The van der Waals surface area contributed by atoms with E-state index < -0.39 is 0 Å². The molecule has 0 radical (unpaired) electrons. The van der Waals surface area contributed by atoms with Crippen LogP contribution in [0.5, 0.6) is 0 Å². The average Bonchev–Trinajstić information content (AvgIpc) is 3.26. The van der Waals surface area contributed by atoms with Gasteiger partial charge in [0.2, 0.25) is 0 Å². The third-order valence-corrected chi connectivity index (χ3v) is 6.68. The van der Waals surface area contributed by atoms with Gasteiger partial charge >= 0.3 is 0 Å². The van der Waals surface area contributed by atoms with Gasteiger partial charge in [-0.15, -0.1) is 0 Å². The van der Waals surface area contributed by atoms with E-state index in [0.717, 1.165) is 65.5 Å². The fourth-order valence-electron chi connectivity index (χ4n) is 5.09. The number of fused-ring (bicyclic) bond motifs is 8. The van der Waals surface area contributed by atoms with Crippen molar-refractivity contribution in [3.05, 3.63) is 107 Å². The first kappa shape index (κ1) is 18.8. The molecule has 34 heavy (non-hydrogen) atoms. The molecular formula is C29H17N3O2. The summed E-state index contributed by atoms with van der Waals surface area (Å²) in [5, 5.41) is 17.8. The zero-order chi connectivity index (χ0) is 22.8. The first-order chi connectivity index (χ1) is 16.7. The Morgan fingerprint density at radius 1 is 0.618 bits per heavy atom. The lowest BCUT2D eigenvalue weighted by atomic mass is 9.96. The van der Waals surface area contributed by atoms with E-state index in [9.17, 15) is 10.1 Å². The summed E-state index contributed by atoms with van der Waals surface area (Å²) in [5.41, 5.74) is 5.79. The maximum Gasteiger partial charge on any atom is 0.269 e. The Hall–Kier alpha value is -4.77. The number of aromatic nitrogens is 2. The standard InChI is InChI=1S/C29H17N3O2/c33-32(34)20-13-9-19(10-14-20)25-23-15-11-17-5-1-3-7-21(17)26(23)30-28-24-16-12-18-6-2-4-8-22(18)27(24)31-29(25)28/h1-16,31H. The van der Waals surface area contributed by atoms with Gasteiger partial charge in [-0.3, -0.25) is 10.1 Å². The number of H-pyrrole nitrogens is 1. The molecule has 0 saturated heterocycles. The van der Waals surface area contributed by atoms with Gasteiger partial charge in [0.1, 0.15) is 0 Å². The Balaban J connectivity index is 1.69. The largest absolute Gasteiger partial charge is 0.352 e. The van der Waals surface area contributed by atoms with Crippen LogP contribution in [0, 0.1) is 10.1 Å². The molecule has 5 heteroatoms. The molecule has 0 unspecified atom stereocenters. The van der Waals surface area contributed by atoms with E-state index in [-0.39, 0.29) is 10.6 Å². The van der Waals surface area contributed by atoms with E-state index in [0.29, 0.717) is 0 Å². The Morgan fingerprint density at radius 2 is 1.26 bits per heavy atom. The maximum absolute atomic E-state index is 11.3. The lowest BCUT2D eigenvalue weighted by Crippen LogP contribution is -1.91. The molecule has 5 aromatic carbocycles. The minimum absolute atomic E-state index is 0.0754. The van der Waals surface area contributed by atoms with Gasteiger partial charge in [-0.25, -0.2) is 4.98 Å². The lowest BCUT2D eigenvalue weighted by molar-refractivity contribution is -0.384. The number of aromatic amines is 1. The maximum atomic E-state index is 11.3. The van der Waals surface area contributed by atoms with Crippen LogP contribution in [0.15, 0.2) is 97.1 Å². The molecule has 1 N–H and O–H groups in total. The van der Waals surface area contributed by atoms with Crippen molar-refractivity contribution < 1.29 is 4.92 Å². The molecule has 0 bridgehead atoms. The zero-order valence-electron chi connectivity index (χ0n) is 17.9. The molecule has 2 heterocycles. The summed E-state index contributed by atoms with van der Waals surface area (Å²) in [7, 11) is 0. The highest BCUT2D eigenvalue weighted by Crippen LogP contribution is 2.41. The smallest absolute Gasteiger partial charge is 0.269 e. The molecule has 160 valence electrons. The summed E-state index contributed by atoms with van der Waals surface area (Å²) >= 11 is 0. The van der Waals surface area contributed by atoms with Crippen molar-refractivity contribution in [2.45, 2.75) is 0 Å². The molecule has 0 spiro atoms. The van der Waals surface area contributed by atoms with E-state index in [1.54, 1.807) is 12.1 Å². The predicted octanol–water partition coefficient (Wildman–Crippen LogP) is 7.75. The number of nitrogens with zero attached hydrogens (tertiary/aromatic N) is 2. The number of non-ortho nitro benzene ring substituents is 1. The van der Waals surface area contributed by atoms with E-state index in [2.05, 4.69) is 53.5 Å². The number of nitro groups is 1. The number of pyridine rings is 1. The Labute approximate surface area is 193 Å². The molecule has 0 fully saturated rings. The van der Waals surface area contributed by atoms with E-state index >= 15 is 0 Å². The normalized spacial score (nSPS) is 11.8. The van der Waals surface area contributed by atoms with Crippen molar-refractivity contribution in [3.8, 4) is 11.1 Å². The number of rotatable bonds is 2. The van der Waals surface area contributed by atoms with E-state index in [1.165, 1.54) is 0 Å². The first-order valence-corrected chi connectivity index (χ1v) is 11.1. The van der Waals surface area contributed by atoms with Crippen molar-refractivity contribution >= 4 is 60.1 Å². The third kappa shape index (κ3) is 2.58. The topological polar surface area (TPSA) is 71.8 Å². The van der Waals surface area contributed by atoms with Gasteiger partial charge in [0, 0.05) is 39.2 Å². The molecular weight excluding hydrogens is 422 g/mol. The number of hydrogen-bond acceptors (Lipinski definition) is 3. The quantitative estimate of drug-likeness (QED) is 0.170. The van der Waals surface area contributed by atoms with Gasteiger partial charge in [0.25, 0.3) is 5.69 Å². The Morgan fingerprint density at radius 3 is 2.00 bits per heavy atom.